The second-order valence-corrected chi connectivity index (χ2v) is 10.5. The first kappa shape index (κ1) is 23.9. The molecule has 0 aliphatic carbocycles. The Morgan fingerprint density at radius 3 is 2.23 bits per heavy atom. The molecule has 0 fully saturated rings. The Labute approximate surface area is 179 Å². The van der Waals surface area contributed by atoms with E-state index in [2.05, 4.69) is 38.2 Å². The van der Waals surface area contributed by atoms with Gasteiger partial charge in [-0.2, -0.15) is 0 Å². The maximum atomic E-state index is 14.0. The van der Waals surface area contributed by atoms with E-state index >= 15 is 0 Å². The number of hydrogen-bond acceptors (Lipinski definition) is 3. The number of rotatable bonds is 8. The number of benzene rings is 2. The number of sulfonamides is 1. The van der Waals surface area contributed by atoms with E-state index in [0.717, 1.165) is 16.1 Å². The summed E-state index contributed by atoms with van der Waals surface area (Å²) in [5.41, 5.74) is 2.28. The molecule has 0 aliphatic rings. The molecule has 2 aromatic rings. The van der Waals surface area contributed by atoms with Gasteiger partial charge in [-0.15, -0.1) is 0 Å². The van der Waals surface area contributed by atoms with Gasteiger partial charge in [-0.25, -0.2) is 12.8 Å². The van der Waals surface area contributed by atoms with E-state index in [-0.39, 0.29) is 42.4 Å². The van der Waals surface area contributed by atoms with Gasteiger partial charge in [-0.05, 0) is 42.0 Å². The average molecular weight is 435 g/mol. The van der Waals surface area contributed by atoms with Crippen LogP contribution in [0.4, 0.5) is 10.1 Å². The first-order valence-electron chi connectivity index (χ1n) is 10.0. The molecular weight excluding hydrogens is 403 g/mol. The van der Waals surface area contributed by atoms with Crippen molar-refractivity contribution >= 4 is 21.6 Å². The summed E-state index contributed by atoms with van der Waals surface area (Å²) in [6.45, 7) is 8.38. The van der Waals surface area contributed by atoms with E-state index < -0.39 is 15.8 Å². The van der Waals surface area contributed by atoms with Crippen molar-refractivity contribution in [2.45, 2.75) is 52.0 Å². The van der Waals surface area contributed by atoms with Crippen LogP contribution in [-0.4, -0.2) is 27.1 Å². The minimum absolute atomic E-state index is 0.00675. The lowest BCUT2D eigenvalue weighted by Gasteiger charge is -2.23. The molecule has 1 amide bonds. The average Bonchev–Trinajstić information content (AvgIpc) is 2.64. The Balaban J connectivity index is 1.94. The maximum Gasteiger partial charge on any atom is 0.232 e. The number of halogens is 1. The highest BCUT2D eigenvalue weighted by molar-refractivity contribution is 7.92. The fourth-order valence-electron chi connectivity index (χ4n) is 3.17. The van der Waals surface area contributed by atoms with Crippen LogP contribution in [0.5, 0.6) is 0 Å². The van der Waals surface area contributed by atoms with E-state index in [1.54, 1.807) is 6.07 Å². The summed E-state index contributed by atoms with van der Waals surface area (Å²) in [5, 5.41) is 2.94. The molecule has 0 saturated heterocycles. The zero-order chi connectivity index (χ0) is 22.5. The lowest BCUT2D eigenvalue weighted by molar-refractivity contribution is -0.121. The number of carbonyl (C=O) groups excluding carboxylic acids is 1. The highest BCUT2D eigenvalue weighted by atomic mass is 32.2. The topological polar surface area (TPSA) is 66.5 Å². The second-order valence-electron chi connectivity index (χ2n) is 8.55. The zero-order valence-electron chi connectivity index (χ0n) is 18.3. The number of nitrogens with one attached hydrogen (secondary N) is 1. The van der Waals surface area contributed by atoms with Gasteiger partial charge < -0.3 is 5.32 Å². The minimum Gasteiger partial charge on any atom is -0.350 e. The molecule has 5 nitrogen and oxygen atoms in total. The molecule has 0 bridgehead atoms. The molecule has 1 N–H and O–H groups in total. The van der Waals surface area contributed by atoms with E-state index in [1.165, 1.54) is 23.8 Å². The molecule has 0 spiro atoms. The molecule has 0 radical (unpaired) electrons. The predicted octanol–water partition coefficient (Wildman–Crippen LogP) is 4.55. The highest BCUT2D eigenvalue weighted by Gasteiger charge is 2.21. The molecule has 2 aromatic carbocycles. The van der Waals surface area contributed by atoms with E-state index in [0.29, 0.717) is 0 Å². The molecule has 164 valence electrons. The van der Waals surface area contributed by atoms with Gasteiger partial charge in [0.15, 0.2) is 0 Å². The predicted molar refractivity (Wildman–Crippen MR) is 120 cm³/mol. The monoisotopic (exact) mass is 434 g/mol. The third kappa shape index (κ3) is 6.55. The lowest BCUT2D eigenvalue weighted by Crippen LogP contribution is -2.33. The smallest absolute Gasteiger partial charge is 0.232 e. The molecular formula is C23H31FN2O3S. The molecule has 0 saturated carbocycles. The van der Waals surface area contributed by atoms with Crippen molar-refractivity contribution in [2.24, 2.45) is 0 Å². The summed E-state index contributed by atoms with van der Waals surface area (Å²) in [5.74, 6) is -0.788. The third-order valence-electron chi connectivity index (χ3n) is 4.94. The van der Waals surface area contributed by atoms with Crippen molar-refractivity contribution < 1.29 is 17.6 Å². The van der Waals surface area contributed by atoms with Gasteiger partial charge in [0, 0.05) is 13.0 Å². The maximum absolute atomic E-state index is 14.0. The van der Waals surface area contributed by atoms with Gasteiger partial charge in [-0.1, -0.05) is 57.2 Å². The molecule has 0 heterocycles. The van der Waals surface area contributed by atoms with Crippen LogP contribution < -0.4 is 9.62 Å². The fourth-order valence-corrected chi connectivity index (χ4v) is 4.14. The van der Waals surface area contributed by atoms with Gasteiger partial charge in [0.05, 0.1) is 18.0 Å². The Hall–Kier alpha value is -2.41. The van der Waals surface area contributed by atoms with Crippen molar-refractivity contribution in [3.05, 3.63) is 65.5 Å². The van der Waals surface area contributed by atoms with E-state index in [1.807, 2.05) is 19.1 Å². The molecule has 2 rings (SSSR count). The Bertz CT molecular complexity index is 967. The summed E-state index contributed by atoms with van der Waals surface area (Å²) in [7, 11) is -3.66. The van der Waals surface area contributed by atoms with Crippen LogP contribution in [0.3, 0.4) is 0 Å². The normalized spacial score (nSPS) is 13.0. The zero-order valence-corrected chi connectivity index (χ0v) is 19.1. The minimum atomic E-state index is -3.66. The van der Waals surface area contributed by atoms with Crippen LogP contribution >= 0.6 is 0 Å². The fraction of sp³-hybridized carbons (Fsp3) is 0.435. The molecule has 0 unspecified atom stereocenters. The van der Waals surface area contributed by atoms with Gasteiger partial charge in [0.1, 0.15) is 5.82 Å². The molecule has 30 heavy (non-hydrogen) atoms. The summed E-state index contributed by atoms with van der Waals surface area (Å²) in [6, 6.07) is 13.7. The highest BCUT2D eigenvalue weighted by Crippen LogP contribution is 2.24. The number of hydrogen-bond donors (Lipinski definition) is 1. The molecule has 0 aliphatic heterocycles. The van der Waals surface area contributed by atoms with Crippen LogP contribution in [0.1, 0.15) is 57.7 Å². The number of anilines is 1. The standard InChI is InChI=1S/C23H31FN2O3S/c1-17(18-12-14-19(15-13-18)23(2,3)4)25-22(27)11-8-16-26(30(5,28)29)21-10-7-6-9-20(21)24/h6-7,9-10,12-15,17H,8,11,16H2,1-5H3,(H,25,27)/t17-/m1/s1. The van der Waals surface area contributed by atoms with Crippen molar-refractivity contribution in [3.63, 3.8) is 0 Å². The van der Waals surface area contributed by atoms with Crippen LogP contribution in [0.15, 0.2) is 48.5 Å². The van der Waals surface area contributed by atoms with Crippen LogP contribution in [0.2, 0.25) is 0 Å². The lowest BCUT2D eigenvalue weighted by atomic mass is 9.86. The summed E-state index contributed by atoms with van der Waals surface area (Å²) in [4.78, 5) is 12.3. The van der Waals surface area contributed by atoms with Gasteiger partial charge in [0.25, 0.3) is 0 Å². The second kappa shape index (κ2) is 9.60. The third-order valence-corrected chi connectivity index (χ3v) is 6.12. The van der Waals surface area contributed by atoms with Crippen LogP contribution in [-0.2, 0) is 20.2 Å². The first-order valence-corrected chi connectivity index (χ1v) is 11.9. The summed E-state index contributed by atoms with van der Waals surface area (Å²) < 4.78 is 39.2. The van der Waals surface area contributed by atoms with Crippen LogP contribution in [0.25, 0.3) is 0 Å². The number of carbonyl (C=O) groups is 1. The largest absolute Gasteiger partial charge is 0.350 e. The summed E-state index contributed by atoms with van der Waals surface area (Å²) in [6.07, 6.45) is 1.46. The van der Waals surface area contributed by atoms with Gasteiger partial charge in [0.2, 0.25) is 15.9 Å². The number of amides is 1. The van der Waals surface area contributed by atoms with Crippen LogP contribution in [0, 0.1) is 5.82 Å². The molecule has 1 atom stereocenters. The first-order chi connectivity index (χ1) is 13.9. The van der Waals surface area contributed by atoms with Crippen molar-refractivity contribution in [2.75, 3.05) is 17.1 Å². The van der Waals surface area contributed by atoms with Crippen molar-refractivity contribution in [1.29, 1.82) is 0 Å². The van der Waals surface area contributed by atoms with E-state index in [4.69, 9.17) is 0 Å². The number of nitrogens with zero attached hydrogens (tertiary/aromatic N) is 1. The van der Waals surface area contributed by atoms with Gasteiger partial charge in [-0.3, -0.25) is 9.10 Å². The molecule has 0 aromatic heterocycles. The Morgan fingerprint density at radius 1 is 1.10 bits per heavy atom. The quantitative estimate of drug-likeness (QED) is 0.663. The van der Waals surface area contributed by atoms with Crippen molar-refractivity contribution in [3.8, 4) is 0 Å². The number of para-hydroxylation sites is 1. The van der Waals surface area contributed by atoms with Crippen molar-refractivity contribution in [1.82, 2.24) is 5.32 Å². The Kier molecular flexibility index (Phi) is 7.64. The van der Waals surface area contributed by atoms with Gasteiger partial charge >= 0.3 is 0 Å². The summed E-state index contributed by atoms with van der Waals surface area (Å²) >= 11 is 0. The molecule has 7 heteroatoms. The Morgan fingerprint density at radius 2 is 1.70 bits per heavy atom. The SMILES string of the molecule is C[C@@H](NC(=O)CCCN(c1ccccc1F)S(C)(=O)=O)c1ccc(C(C)(C)C)cc1. The van der Waals surface area contributed by atoms with E-state index in [9.17, 15) is 17.6 Å².